The van der Waals surface area contributed by atoms with Crippen LogP contribution in [0.2, 0.25) is 4.34 Å². The highest BCUT2D eigenvalue weighted by Crippen LogP contribution is 2.39. The molecule has 0 spiro atoms. The Labute approximate surface area is 98.1 Å². The Bertz CT molecular complexity index is 344. The van der Waals surface area contributed by atoms with Crippen molar-refractivity contribution in [2.24, 2.45) is 5.73 Å². The van der Waals surface area contributed by atoms with Crippen LogP contribution in [0.5, 0.6) is 0 Å². The molecule has 1 aromatic rings. The zero-order valence-corrected chi connectivity index (χ0v) is 10.1. The first-order valence-corrected chi connectivity index (χ1v) is 6.11. The molecule has 5 heteroatoms. The number of nitrogens with two attached hydrogens (primary N) is 1. The van der Waals surface area contributed by atoms with Gasteiger partial charge in [-0.15, -0.1) is 11.3 Å². The monoisotopic (exact) mass is 247 g/mol. The Morgan fingerprint density at radius 1 is 1.67 bits per heavy atom. The van der Waals surface area contributed by atoms with Crippen LogP contribution in [0, 0.1) is 0 Å². The lowest BCUT2D eigenvalue weighted by Gasteiger charge is -2.21. The van der Waals surface area contributed by atoms with E-state index in [1.807, 2.05) is 19.1 Å². The summed E-state index contributed by atoms with van der Waals surface area (Å²) in [6, 6.07) is 3.80. The molecule has 0 bridgehead atoms. The van der Waals surface area contributed by atoms with Crippen LogP contribution in [0.3, 0.4) is 0 Å². The predicted molar refractivity (Wildman–Crippen MR) is 61.2 cm³/mol. The molecule has 1 aromatic heterocycles. The summed E-state index contributed by atoms with van der Waals surface area (Å²) in [7, 11) is 0. The second-order valence-corrected chi connectivity index (χ2v) is 5.39. The molecule has 0 saturated carbocycles. The topological polar surface area (TPSA) is 44.5 Å². The van der Waals surface area contributed by atoms with Gasteiger partial charge in [0.1, 0.15) is 0 Å². The molecule has 0 aliphatic carbocycles. The van der Waals surface area contributed by atoms with Crippen LogP contribution in [-0.4, -0.2) is 19.3 Å². The summed E-state index contributed by atoms with van der Waals surface area (Å²) < 4.78 is 12.3. The molecule has 84 valence electrons. The SMILES string of the molecule is CC1(c2ccc(Cl)s2)OCC(CCN)O1. The van der Waals surface area contributed by atoms with Crippen LogP contribution >= 0.6 is 22.9 Å². The molecule has 3 nitrogen and oxygen atoms in total. The first kappa shape index (κ1) is 11.4. The first-order valence-electron chi connectivity index (χ1n) is 4.92. The van der Waals surface area contributed by atoms with Crippen LogP contribution in [0.15, 0.2) is 12.1 Å². The third kappa shape index (κ3) is 2.34. The molecule has 0 amide bonds. The van der Waals surface area contributed by atoms with Crippen LogP contribution in [0.25, 0.3) is 0 Å². The highest BCUT2D eigenvalue weighted by Gasteiger charge is 2.39. The van der Waals surface area contributed by atoms with E-state index in [9.17, 15) is 0 Å². The molecule has 1 fully saturated rings. The van der Waals surface area contributed by atoms with Crippen molar-refractivity contribution >= 4 is 22.9 Å². The summed E-state index contributed by atoms with van der Waals surface area (Å²) in [6.07, 6.45) is 0.926. The fourth-order valence-electron chi connectivity index (χ4n) is 1.65. The third-order valence-electron chi connectivity index (χ3n) is 2.45. The lowest BCUT2D eigenvalue weighted by Crippen LogP contribution is -2.23. The molecule has 2 rings (SSSR count). The Kier molecular flexibility index (Phi) is 3.33. The van der Waals surface area contributed by atoms with Crippen LogP contribution in [0.4, 0.5) is 0 Å². The van der Waals surface area contributed by atoms with E-state index in [1.165, 1.54) is 11.3 Å². The molecule has 0 radical (unpaired) electrons. The van der Waals surface area contributed by atoms with Crippen molar-refractivity contribution in [2.45, 2.75) is 25.2 Å². The van der Waals surface area contributed by atoms with E-state index >= 15 is 0 Å². The normalized spacial score (nSPS) is 31.0. The maximum Gasteiger partial charge on any atom is 0.201 e. The minimum atomic E-state index is -0.641. The molecular formula is C10H14ClNO2S. The number of hydrogen-bond donors (Lipinski definition) is 1. The molecule has 2 N–H and O–H groups in total. The fourth-order valence-corrected chi connectivity index (χ4v) is 2.74. The van der Waals surface area contributed by atoms with Gasteiger partial charge in [0.15, 0.2) is 0 Å². The number of hydrogen-bond acceptors (Lipinski definition) is 4. The number of thiophene rings is 1. The lowest BCUT2D eigenvalue weighted by atomic mass is 10.2. The molecule has 1 aliphatic rings. The van der Waals surface area contributed by atoms with Gasteiger partial charge in [-0.05, 0) is 32.0 Å². The maximum absolute atomic E-state index is 5.89. The Balaban J connectivity index is 2.09. The Morgan fingerprint density at radius 3 is 3.07 bits per heavy atom. The molecule has 2 heterocycles. The highest BCUT2D eigenvalue weighted by atomic mass is 35.5. The van der Waals surface area contributed by atoms with Crippen molar-refractivity contribution in [1.29, 1.82) is 0 Å². The van der Waals surface area contributed by atoms with E-state index in [0.29, 0.717) is 13.2 Å². The Morgan fingerprint density at radius 2 is 2.47 bits per heavy atom. The minimum absolute atomic E-state index is 0.0980. The van der Waals surface area contributed by atoms with Crippen molar-refractivity contribution in [3.63, 3.8) is 0 Å². The summed E-state index contributed by atoms with van der Waals surface area (Å²) in [5, 5.41) is 0. The standard InChI is InChI=1S/C10H14ClNO2S/c1-10(8-2-3-9(11)15-8)13-6-7(14-10)4-5-12/h2-3,7H,4-6,12H2,1H3. The van der Waals surface area contributed by atoms with Crippen LogP contribution < -0.4 is 5.73 Å². The zero-order valence-electron chi connectivity index (χ0n) is 8.53. The average Bonchev–Trinajstić information content (AvgIpc) is 2.75. The van der Waals surface area contributed by atoms with Gasteiger partial charge in [-0.25, -0.2) is 0 Å². The van der Waals surface area contributed by atoms with E-state index in [2.05, 4.69) is 0 Å². The number of ether oxygens (including phenoxy) is 2. The summed E-state index contributed by atoms with van der Waals surface area (Å²) in [4.78, 5) is 1.01. The molecule has 0 aromatic carbocycles. The number of halogens is 1. The van der Waals surface area contributed by atoms with Crippen molar-refractivity contribution in [2.75, 3.05) is 13.2 Å². The van der Waals surface area contributed by atoms with Gasteiger partial charge >= 0.3 is 0 Å². The fraction of sp³-hybridized carbons (Fsp3) is 0.600. The van der Waals surface area contributed by atoms with Gasteiger partial charge in [0.05, 0.1) is 21.9 Å². The van der Waals surface area contributed by atoms with Crippen LogP contribution in [-0.2, 0) is 15.3 Å². The molecule has 2 atom stereocenters. The summed E-state index contributed by atoms with van der Waals surface area (Å²) >= 11 is 7.37. The van der Waals surface area contributed by atoms with Crippen molar-refractivity contribution < 1.29 is 9.47 Å². The summed E-state index contributed by atoms with van der Waals surface area (Å²) in [5.41, 5.74) is 5.49. The lowest BCUT2D eigenvalue weighted by molar-refractivity contribution is -0.159. The van der Waals surface area contributed by atoms with Crippen molar-refractivity contribution in [3.05, 3.63) is 21.3 Å². The zero-order chi connectivity index (χ0) is 10.9. The summed E-state index contributed by atoms with van der Waals surface area (Å²) in [5.74, 6) is -0.641. The van der Waals surface area contributed by atoms with Gasteiger partial charge in [0.2, 0.25) is 5.79 Å². The predicted octanol–water partition coefficient (Wildman–Crippen LogP) is 2.34. The van der Waals surface area contributed by atoms with Gasteiger partial charge in [-0.1, -0.05) is 11.6 Å². The first-order chi connectivity index (χ1) is 7.14. The summed E-state index contributed by atoms with van der Waals surface area (Å²) in [6.45, 7) is 3.14. The third-order valence-corrected chi connectivity index (χ3v) is 3.86. The molecule has 1 saturated heterocycles. The Hall–Kier alpha value is -0.130. The highest BCUT2D eigenvalue weighted by molar-refractivity contribution is 7.16. The van der Waals surface area contributed by atoms with E-state index in [-0.39, 0.29) is 6.10 Å². The smallest absolute Gasteiger partial charge is 0.201 e. The minimum Gasteiger partial charge on any atom is -0.343 e. The average molecular weight is 248 g/mol. The van der Waals surface area contributed by atoms with Crippen molar-refractivity contribution in [1.82, 2.24) is 0 Å². The van der Waals surface area contributed by atoms with Gasteiger partial charge in [0.25, 0.3) is 0 Å². The quantitative estimate of drug-likeness (QED) is 0.892. The molecule has 2 unspecified atom stereocenters. The second-order valence-electron chi connectivity index (χ2n) is 3.68. The largest absolute Gasteiger partial charge is 0.343 e. The van der Waals surface area contributed by atoms with Gasteiger partial charge in [-0.2, -0.15) is 0 Å². The van der Waals surface area contributed by atoms with Crippen LogP contribution in [0.1, 0.15) is 18.2 Å². The van der Waals surface area contributed by atoms with E-state index in [1.54, 1.807) is 0 Å². The van der Waals surface area contributed by atoms with Crippen molar-refractivity contribution in [3.8, 4) is 0 Å². The van der Waals surface area contributed by atoms with Gasteiger partial charge < -0.3 is 15.2 Å². The van der Waals surface area contributed by atoms with E-state index in [0.717, 1.165) is 15.6 Å². The van der Waals surface area contributed by atoms with Gasteiger partial charge in [0, 0.05) is 0 Å². The maximum atomic E-state index is 5.89. The van der Waals surface area contributed by atoms with E-state index < -0.39 is 5.79 Å². The molecule has 15 heavy (non-hydrogen) atoms. The van der Waals surface area contributed by atoms with Gasteiger partial charge in [-0.3, -0.25) is 0 Å². The molecular weight excluding hydrogens is 234 g/mol. The number of rotatable bonds is 3. The molecule has 1 aliphatic heterocycles. The second kappa shape index (κ2) is 4.39. The van der Waals surface area contributed by atoms with E-state index in [4.69, 9.17) is 26.8 Å².